The van der Waals surface area contributed by atoms with Crippen LogP contribution in [0.15, 0.2) is 66.7 Å². The van der Waals surface area contributed by atoms with Gasteiger partial charge in [-0.05, 0) is 35.4 Å². The summed E-state index contributed by atoms with van der Waals surface area (Å²) in [6, 6.07) is 20.4. The van der Waals surface area contributed by atoms with Gasteiger partial charge in [0.1, 0.15) is 0 Å². The van der Waals surface area contributed by atoms with E-state index in [0.717, 1.165) is 16.0 Å². The van der Waals surface area contributed by atoms with Gasteiger partial charge in [-0.1, -0.05) is 63.2 Å². The summed E-state index contributed by atoms with van der Waals surface area (Å²) in [5.41, 5.74) is 1.98. The molecule has 0 aliphatic rings. The maximum Gasteiger partial charge on any atom is 0.338 e. The van der Waals surface area contributed by atoms with E-state index in [2.05, 4.69) is 5.32 Å². The van der Waals surface area contributed by atoms with Crippen LogP contribution in [0.3, 0.4) is 0 Å². The quantitative estimate of drug-likeness (QED) is 0.413. The Balaban J connectivity index is 1.52. The van der Waals surface area contributed by atoms with Crippen molar-refractivity contribution in [3.63, 3.8) is 0 Å². The molecule has 0 radical (unpaired) electrons. The molecule has 1 amide bonds. The van der Waals surface area contributed by atoms with E-state index in [0.29, 0.717) is 17.0 Å². The second-order valence-corrected chi connectivity index (χ2v) is 9.31. The summed E-state index contributed by atoms with van der Waals surface area (Å²) in [5, 5.41) is 2.85. The van der Waals surface area contributed by atoms with Gasteiger partial charge >= 0.3 is 5.97 Å². The van der Waals surface area contributed by atoms with Crippen molar-refractivity contribution in [1.82, 2.24) is 5.32 Å². The molecule has 0 atom stereocenters. The number of esters is 1. The predicted molar refractivity (Wildman–Crippen MR) is 122 cm³/mol. The van der Waals surface area contributed by atoms with Gasteiger partial charge in [-0.25, -0.2) is 4.79 Å². The number of carbonyl (C=O) groups is 3. The largest absolute Gasteiger partial charge is 0.454 e. The Morgan fingerprint density at radius 2 is 1.52 bits per heavy atom. The normalized spacial score (nSPS) is 11.1. The van der Waals surface area contributed by atoms with E-state index in [4.69, 9.17) is 4.74 Å². The number of amides is 1. The minimum atomic E-state index is -0.540. The first kappa shape index (κ1) is 22.4. The molecule has 0 saturated carbocycles. The van der Waals surface area contributed by atoms with E-state index < -0.39 is 11.4 Å². The van der Waals surface area contributed by atoms with Crippen molar-refractivity contribution in [2.75, 3.05) is 6.61 Å². The van der Waals surface area contributed by atoms with Crippen molar-refractivity contribution >= 4 is 29.0 Å². The van der Waals surface area contributed by atoms with Gasteiger partial charge in [0.2, 0.25) is 11.7 Å². The molecule has 31 heavy (non-hydrogen) atoms. The smallest absolute Gasteiger partial charge is 0.338 e. The average molecular weight is 436 g/mol. The van der Waals surface area contributed by atoms with Crippen LogP contribution in [-0.4, -0.2) is 24.3 Å². The van der Waals surface area contributed by atoms with Crippen LogP contribution < -0.4 is 5.32 Å². The highest BCUT2D eigenvalue weighted by atomic mass is 32.1. The molecule has 1 N–H and O–H groups in total. The van der Waals surface area contributed by atoms with Crippen LogP contribution in [0.25, 0.3) is 11.1 Å². The van der Waals surface area contributed by atoms with E-state index in [-0.39, 0.29) is 18.3 Å². The average Bonchev–Trinajstić information content (AvgIpc) is 3.25. The van der Waals surface area contributed by atoms with Crippen LogP contribution in [0.2, 0.25) is 0 Å². The molecule has 3 aromatic rings. The number of hydrogen-bond donors (Lipinski definition) is 1. The Bertz CT molecular complexity index is 1060. The molecule has 6 heteroatoms. The van der Waals surface area contributed by atoms with Crippen LogP contribution >= 0.6 is 11.3 Å². The van der Waals surface area contributed by atoms with E-state index in [1.54, 1.807) is 24.3 Å². The van der Waals surface area contributed by atoms with Crippen molar-refractivity contribution in [3.8, 4) is 11.1 Å². The van der Waals surface area contributed by atoms with Crippen LogP contribution in [0, 0.1) is 5.41 Å². The second-order valence-electron chi connectivity index (χ2n) is 8.14. The Morgan fingerprint density at radius 1 is 0.871 bits per heavy atom. The molecular formula is C25H25NO4S. The molecule has 1 aromatic heterocycles. The zero-order valence-corrected chi connectivity index (χ0v) is 18.6. The predicted octanol–water partition coefficient (Wildman–Crippen LogP) is 5.12. The molecule has 0 aliphatic carbocycles. The summed E-state index contributed by atoms with van der Waals surface area (Å²) in [4.78, 5) is 38.0. The summed E-state index contributed by atoms with van der Waals surface area (Å²) < 4.78 is 5.19. The maximum absolute atomic E-state index is 12.4. The number of Topliss-reactive ketones (excluding diaryl/α,β-unsaturated/α-hetero) is 1. The molecular weight excluding hydrogens is 410 g/mol. The number of ketones is 1. The van der Waals surface area contributed by atoms with Crippen molar-refractivity contribution in [2.24, 2.45) is 5.41 Å². The first-order valence-corrected chi connectivity index (χ1v) is 10.8. The molecule has 0 fully saturated rings. The van der Waals surface area contributed by atoms with Gasteiger partial charge in [-0.3, -0.25) is 9.59 Å². The standard InChI is InChI=1S/C25H25NO4S/c1-25(2,3)24(29)26-15-20-13-14-22(31-20)21(27)16-30-23(28)19-11-9-18(10-12-19)17-7-5-4-6-8-17/h4-14H,15-16H2,1-3H3,(H,26,29). The molecule has 5 nitrogen and oxygen atoms in total. The first-order valence-electron chi connectivity index (χ1n) is 9.97. The summed E-state index contributed by atoms with van der Waals surface area (Å²) in [6.45, 7) is 5.56. The lowest BCUT2D eigenvalue weighted by molar-refractivity contribution is -0.128. The van der Waals surface area contributed by atoms with Crippen LogP contribution in [-0.2, 0) is 16.1 Å². The molecule has 0 saturated heterocycles. The number of carbonyl (C=O) groups excluding carboxylic acids is 3. The van der Waals surface area contributed by atoms with Crippen molar-refractivity contribution in [1.29, 1.82) is 0 Å². The van der Waals surface area contributed by atoms with Gasteiger partial charge in [-0.2, -0.15) is 0 Å². The lowest BCUT2D eigenvalue weighted by Crippen LogP contribution is -2.34. The minimum absolute atomic E-state index is 0.0546. The third-order valence-electron chi connectivity index (χ3n) is 4.60. The second kappa shape index (κ2) is 9.71. The van der Waals surface area contributed by atoms with Crippen LogP contribution in [0.5, 0.6) is 0 Å². The summed E-state index contributed by atoms with van der Waals surface area (Å²) in [7, 11) is 0. The Hall–Kier alpha value is -3.25. The lowest BCUT2D eigenvalue weighted by Gasteiger charge is -2.17. The van der Waals surface area contributed by atoms with E-state index in [9.17, 15) is 14.4 Å². The van der Waals surface area contributed by atoms with Crippen molar-refractivity contribution in [3.05, 3.63) is 82.0 Å². The Labute approximate surface area is 186 Å². The SMILES string of the molecule is CC(C)(C)C(=O)NCc1ccc(C(=O)COC(=O)c2ccc(-c3ccccc3)cc2)s1. The highest BCUT2D eigenvalue weighted by Gasteiger charge is 2.21. The molecule has 0 spiro atoms. The fourth-order valence-corrected chi connectivity index (χ4v) is 3.64. The van der Waals surface area contributed by atoms with Gasteiger partial charge in [0.15, 0.2) is 6.61 Å². The first-order chi connectivity index (χ1) is 14.7. The lowest BCUT2D eigenvalue weighted by atomic mass is 9.96. The number of nitrogens with one attached hydrogen (secondary N) is 1. The Morgan fingerprint density at radius 3 is 2.16 bits per heavy atom. The van der Waals surface area contributed by atoms with Crippen LogP contribution in [0.1, 0.15) is 45.7 Å². The number of ether oxygens (including phenoxy) is 1. The summed E-state index contributed by atoms with van der Waals surface area (Å²) >= 11 is 1.29. The molecule has 3 rings (SSSR count). The number of thiophene rings is 1. The molecule has 0 bridgehead atoms. The third-order valence-corrected chi connectivity index (χ3v) is 5.73. The zero-order valence-electron chi connectivity index (χ0n) is 17.8. The van der Waals surface area contributed by atoms with E-state index >= 15 is 0 Å². The highest BCUT2D eigenvalue weighted by Crippen LogP contribution is 2.21. The zero-order chi connectivity index (χ0) is 22.4. The monoisotopic (exact) mass is 435 g/mol. The molecule has 0 unspecified atom stereocenters. The van der Waals surface area contributed by atoms with Gasteiger partial charge < -0.3 is 10.1 Å². The van der Waals surface area contributed by atoms with Gasteiger partial charge in [0, 0.05) is 10.3 Å². The minimum Gasteiger partial charge on any atom is -0.454 e. The van der Waals surface area contributed by atoms with Gasteiger partial charge in [0.25, 0.3) is 0 Å². The van der Waals surface area contributed by atoms with E-state index in [1.807, 2.05) is 63.2 Å². The van der Waals surface area contributed by atoms with E-state index in [1.165, 1.54) is 11.3 Å². The van der Waals surface area contributed by atoms with Gasteiger partial charge in [0.05, 0.1) is 17.0 Å². The molecule has 160 valence electrons. The fourth-order valence-electron chi connectivity index (χ4n) is 2.77. The molecule has 0 aliphatic heterocycles. The van der Waals surface area contributed by atoms with Crippen LogP contribution in [0.4, 0.5) is 0 Å². The molecule has 1 heterocycles. The highest BCUT2D eigenvalue weighted by molar-refractivity contribution is 7.14. The number of rotatable bonds is 7. The number of hydrogen-bond acceptors (Lipinski definition) is 5. The van der Waals surface area contributed by atoms with Crippen molar-refractivity contribution < 1.29 is 19.1 Å². The van der Waals surface area contributed by atoms with Crippen molar-refractivity contribution in [2.45, 2.75) is 27.3 Å². The Kier molecular flexibility index (Phi) is 7.02. The maximum atomic E-state index is 12.4. The number of benzene rings is 2. The summed E-state index contributed by atoms with van der Waals surface area (Å²) in [5.74, 6) is -0.865. The topological polar surface area (TPSA) is 72.5 Å². The van der Waals surface area contributed by atoms with Gasteiger partial charge in [-0.15, -0.1) is 11.3 Å². The third kappa shape index (κ3) is 6.12. The summed E-state index contributed by atoms with van der Waals surface area (Å²) in [6.07, 6.45) is 0. The molecule has 2 aromatic carbocycles. The fraction of sp³-hybridized carbons (Fsp3) is 0.240.